The number of benzene rings is 1. The summed E-state index contributed by atoms with van der Waals surface area (Å²) in [5.74, 6) is 0.0257. The van der Waals surface area contributed by atoms with E-state index in [1.54, 1.807) is 11.0 Å². The molecule has 1 aromatic heterocycles. The topological polar surface area (TPSA) is 74.1 Å². The molecule has 1 aromatic carbocycles. The first-order valence-corrected chi connectivity index (χ1v) is 10.8. The molecule has 2 heterocycles. The van der Waals surface area contributed by atoms with Crippen LogP contribution in [-0.4, -0.2) is 67.1 Å². The van der Waals surface area contributed by atoms with Gasteiger partial charge < -0.3 is 9.32 Å². The lowest BCUT2D eigenvalue weighted by Crippen LogP contribution is -2.54. The van der Waals surface area contributed by atoms with E-state index in [-0.39, 0.29) is 24.8 Å². The molecular formula is C18H24ClN3O4S. The molecule has 0 aliphatic carbocycles. The lowest BCUT2D eigenvalue weighted by Gasteiger charge is -2.36. The van der Waals surface area contributed by atoms with E-state index in [0.717, 1.165) is 10.9 Å². The second-order valence-corrected chi connectivity index (χ2v) is 8.79. The smallest absolute Gasteiger partial charge is 0.289 e. The van der Waals surface area contributed by atoms with Crippen molar-refractivity contribution in [2.24, 2.45) is 0 Å². The summed E-state index contributed by atoms with van der Waals surface area (Å²) < 4.78 is 33.8. The van der Waals surface area contributed by atoms with E-state index >= 15 is 0 Å². The van der Waals surface area contributed by atoms with E-state index in [1.165, 1.54) is 8.61 Å². The number of halogens is 1. The summed E-state index contributed by atoms with van der Waals surface area (Å²) in [6.07, 6.45) is 0. The number of amides is 1. The molecule has 0 unspecified atom stereocenters. The minimum atomic E-state index is -3.48. The molecule has 0 spiro atoms. The highest BCUT2D eigenvalue weighted by Gasteiger charge is 2.33. The monoisotopic (exact) mass is 413 g/mol. The highest BCUT2D eigenvalue weighted by Crippen LogP contribution is 2.31. The van der Waals surface area contributed by atoms with Crippen LogP contribution in [0.1, 0.15) is 30.0 Å². The van der Waals surface area contributed by atoms with Gasteiger partial charge in [0.05, 0.1) is 5.02 Å². The number of fused-ring (bicyclic) bond motifs is 1. The van der Waals surface area contributed by atoms with Crippen LogP contribution >= 0.6 is 11.6 Å². The van der Waals surface area contributed by atoms with Crippen molar-refractivity contribution in [2.75, 3.05) is 39.3 Å². The number of carbonyl (C=O) groups is 1. The number of hydrogen-bond acceptors (Lipinski definition) is 4. The first kappa shape index (κ1) is 20.1. The van der Waals surface area contributed by atoms with Gasteiger partial charge in [-0.25, -0.2) is 0 Å². The van der Waals surface area contributed by atoms with Crippen molar-refractivity contribution < 1.29 is 17.6 Å². The normalized spacial score (nSPS) is 16.4. The number of aryl methyl sites for hydroxylation is 1. The number of para-hydroxylation sites is 1. The van der Waals surface area contributed by atoms with E-state index < -0.39 is 10.2 Å². The molecule has 7 nitrogen and oxygen atoms in total. The van der Waals surface area contributed by atoms with E-state index in [2.05, 4.69) is 0 Å². The second kappa shape index (κ2) is 7.79. The summed E-state index contributed by atoms with van der Waals surface area (Å²) in [5.41, 5.74) is 1.25. The van der Waals surface area contributed by atoms with Gasteiger partial charge >= 0.3 is 0 Å². The largest absolute Gasteiger partial charge is 0.449 e. The number of carbonyl (C=O) groups excluding carboxylic acids is 1. The van der Waals surface area contributed by atoms with Crippen LogP contribution in [0, 0.1) is 6.92 Å². The zero-order valence-electron chi connectivity index (χ0n) is 15.7. The Balaban J connectivity index is 1.76. The summed E-state index contributed by atoms with van der Waals surface area (Å²) in [7, 11) is -3.48. The molecule has 1 amide bonds. The third-order valence-electron chi connectivity index (χ3n) is 4.99. The van der Waals surface area contributed by atoms with Gasteiger partial charge in [-0.1, -0.05) is 37.6 Å². The van der Waals surface area contributed by atoms with Gasteiger partial charge in [-0.05, 0) is 13.0 Å². The lowest BCUT2D eigenvalue weighted by atomic mass is 10.1. The fourth-order valence-corrected chi connectivity index (χ4v) is 5.21. The lowest BCUT2D eigenvalue weighted by molar-refractivity contribution is 0.0663. The maximum atomic E-state index is 12.9. The Morgan fingerprint density at radius 2 is 1.81 bits per heavy atom. The van der Waals surface area contributed by atoms with Gasteiger partial charge in [-0.3, -0.25) is 4.79 Å². The van der Waals surface area contributed by atoms with Crippen LogP contribution in [0.15, 0.2) is 22.6 Å². The summed E-state index contributed by atoms with van der Waals surface area (Å²) in [4.78, 5) is 14.5. The van der Waals surface area contributed by atoms with E-state index in [9.17, 15) is 13.2 Å². The number of nitrogens with zero attached hydrogens (tertiary/aromatic N) is 3. The standard InChI is InChI=1S/C18H24ClN3O4S/c1-4-21(5-2)27(24,25)22-11-9-20(10-12-22)18(23)16-13(3)14-7-6-8-15(19)17(14)26-16/h6-8H,4-5,9-12H2,1-3H3. The van der Waals surface area contributed by atoms with Gasteiger partial charge in [0.25, 0.3) is 16.1 Å². The van der Waals surface area contributed by atoms with E-state index in [1.807, 2.05) is 32.9 Å². The molecule has 0 bridgehead atoms. The van der Waals surface area contributed by atoms with Crippen molar-refractivity contribution >= 4 is 38.7 Å². The maximum absolute atomic E-state index is 12.9. The molecule has 1 aliphatic rings. The van der Waals surface area contributed by atoms with Crippen molar-refractivity contribution in [1.29, 1.82) is 0 Å². The summed E-state index contributed by atoms with van der Waals surface area (Å²) in [5, 5.41) is 1.28. The fourth-order valence-electron chi connectivity index (χ4n) is 3.39. The van der Waals surface area contributed by atoms with Crippen LogP contribution < -0.4 is 0 Å². The minimum absolute atomic E-state index is 0.236. The molecule has 2 aromatic rings. The second-order valence-electron chi connectivity index (χ2n) is 6.46. The van der Waals surface area contributed by atoms with Gasteiger partial charge in [0.2, 0.25) is 0 Å². The molecule has 1 fully saturated rings. The predicted molar refractivity (Wildman–Crippen MR) is 105 cm³/mol. The minimum Gasteiger partial charge on any atom is -0.449 e. The predicted octanol–water partition coefficient (Wildman–Crippen LogP) is 2.74. The third-order valence-corrected chi connectivity index (χ3v) is 7.48. The zero-order valence-corrected chi connectivity index (χ0v) is 17.3. The number of hydrogen-bond donors (Lipinski definition) is 0. The molecule has 0 saturated carbocycles. The van der Waals surface area contributed by atoms with Crippen molar-refractivity contribution in [3.63, 3.8) is 0 Å². The Labute approximate surface area is 164 Å². The Morgan fingerprint density at radius 3 is 2.37 bits per heavy atom. The molecule has 148 valence electrons. The van der Waals surface area contributed by atoms with E-state index in [4.69, 9.17) is 16.0 Å². The van der Waals surface area contributed by atoms with E-state index in [0.29, 0.717) is 36.8 Å². The summed E-state index contributed by atoms with van der Waals surface area (Å²) in [6.45, 7) is 7.50. The summed E-state index contributed by atoms with van der Waals surface area (Å²) >= 11 is 6.16. The Bertz CT molecular complexity index is 945. The van der Waals surface area contributed by atoms with Gasteiger partial charge in [-0.15, -0.1) is 0 Å². The first-order valence-electron chi connectivity index (χ1n) is 9.03. The quantitative estimate of drug-likeness (QED) is 0.755. The van der Waals surface area contributed by atoms with Crippen LogP contribution in [-0.2, 0) is 10.2 Å². The molecule has 1 saturated heterocycles. The molecular weight excluding hydrogens is 390 g/mol. The van der Waals surface area contributed by atoms with Crippen molar-refractivity contribution in [3.05, 3.63) is 34.5 Å². The van der Waals surface area contributed by atoms with Gasteiger partial charge in [-0.2, -0.15) is 17.0 Å². The SMILES string of the molecule is CCN(CC)S(=O)(=O)N1CCN(C(=O)c2oc3c(Cl)cccc3c2C)CC1. The average Bonchev–Trinajstić information content (AvgIpc) is 3.00. The summed E-state index contributed by atoms with van der Waals surface area (Å²) in [6, 6.07) is 5.40. The number of rotatable bonds is 5. The van der Waals surface area contributed by atoms with Gasteiger partial charge in [0, 0.05) is 50.2 Å². The van der Waals surface area contributed by atoms with Crippen LogP contribution in [0.4, 0.5) is 0 Å². The van der Waals surface area contributed by atoms with Gasteiger partial charge in [0.15, 0.2) is 11.3 Å². The van der Waals surface area contributed by atoms with Crippen LogP contribution in [0.3, 0.4) is 0 Å². The van der Waals surface area contributed by atoms with Crippen LogP contribution in [0.25, 0.3) is 11.0 Å². The molecule has 1 aliphatic heterocycles. The number of piperazine rings is 1. The third kappa shape index (κ3) is 3.59. The van der Waals surface area contributed by atoms with Crippen LogP contribution in [0.2, 0.25) is 5.02 Å². The highest BCUT2D eigenvalue weighted by atomic mass is 35.5. The highest BCUT2D eigenvalue weighted by molar-refractivity contribution is 7.86. The van der Waals surface area contributed by atoms with Crippen molar-refractivity contribution in [1.82, 2.24) is 13.5 Å². The molecule has 27 heavy (non-hydrogen) atoms. The molecule has 0 radical (unpaired) electrons. The number of furan rings is 1. The Kier molecular flexibility index (Phi) is 5.81. The molecule has 0 N–H and O–H groups in total. The molecule has 9 heteroatoms. The average molecular weight is 414 g/mol. The molecule has 0 atom stereocenters. The fraction of sp³-hybridized carbons (Fsp3) is 0.500. The van der Waals surface area contributed by atoms with Gasteiger partial charge in [0.1, 0.15) is 0 Å². The Hall–Kier alpha value is -1.61. The Morgan fingerprint density at radius 1 is 1.19 bits per heavy atom. The van der Waals surface area contributed by atoms with Crippen LogP contribution in [0.5, 0.6) is 0 Å². The van der Waals surface area contributed by atoms with Crippen molar-refractivity contribution in [3.8, 4) is 0 Å². The zero-order chi connectivity index (χ0) is 19.8. The maximum Gasteiger partial charge on any atom is 0.289 e. The van der Waals surface area contributed by atoms with Crippen molar-refractivity contribution in [2.45, 2.75) is 20.8 Å². The first-order chi connectivity index (χ1) is 12.8. The molecule has 3 rings (SSSR count).